The van der Waals surface area contributed by atoms with E-state index in [4.69, 9.17) is 19.7 Å². The number of hydrogen-bond acceptors (Lipinski definition) is 7. The third-order valence-electron chi connectivity index (χ3n) is 5.36. The van der Waals surface area contributed by atoms with Gasteiger partial charge in [-0.25, -0.2) is 4.57 Å². The average Bonchev–Trinajstić information content (AvgIpc) is 2.79. The summed E-state index contributed by atoms with van der Waals surface area (Å²) in [6, 6.07) is 0. The van der Waals surface area contributed by atoms with Gasteiger partial charge in [0.25, 0.3) is 0 Å². The molecule has 0 fully saturated rings. The quantitative estimate of drug-likeness (QED) is 0.0995. The van der Waals surface area contributed by atoms with Crippen LogP contribution in [0.4, 0.5) is 0 Å². The van der Waals surface area contributed by atoms with Crippen molar-refractivity contribution >= 4 is 20.6 Å². The molecule has 0 saturated carbocycles. The fourth-order valence-corrected chi connectivity index (χ4v) is 3.66. The third kappa shape index (κ3) is 22.2. The van der Waals surface area contributed by atoms with Crippen LogP contribution < -0.4 is 5.73 Å². The zero-order valence-corrected chi connectivity index (χ0v) is 21.1. The number of rotatable bonds is 24. The summed E-state index contributed by atoms with van der Waals surface area (Å²) in [5.41, 5.74) is 5.49. The minimum Gasteiger partial charge on any atom is -0.462 e. The van der Waals surface area contributed by atoms with Gasteiger partial charge in [-0.2, -0.15) is 0 Å². The molecule has 0 unspecified atom stereocenters. The molecule has 0 aliphatic heterocycles. The van der Waals surface area contributed by atoms with Crippen LogP contribution in [-0.4, -0.2) is 37.8 Å². The third-order valence-corrected chi connectivity index (χ3v) is 5.62. The summed E-state index contributed by atoms with van der Waals surface area (Å²) in [5.74, 6) is -0.640. The van der Waals surface area contributed by atoms with Crippen LogP contribution >= 0.6 is 8.69 Å². The molecule has 0 rings (SSSR count). The van der Waals surface area contributed by atoms with Crippen molar-refractivity contribution in [2.75, 3.05) is 19.8 Å². The number of ether oxygens (including phenoxy) is 2. The fourth-order valence-electron chi connectivity index (χ4n) is 3.43. The number of esters is 2. The van der Waals surface area contributed by atoms with E-state index in [0.717, 1.165) is 57.9 Å². The molecule has 0 radical (unpaired) electrons. The molecule has 0 saturated heterocycles. The average molecular weight is 476 g/mol. The standard InChI is InChI=1S/C24H46NO6P/c1-2-3-4-11-15-18-24(27)31-22(21-30-32-28)20-29-23(26)17-14-12-9-7-5-6-8-10-13-16-19-25/h22H,2-21,25H2,1H3/t22-/m1/s1. The summed E-state index contributed by atoms with van der Waals surface area (Å²) in [7, 11) is -0.490. The first kappa shape index (κ1) is 31.0. The Morgan fingerprint density at radius 1 is 0.719 bits per heavy atom. The van der Waals surface area contributed by atoms with E-state index in [1.807, 2.05) is 0 Å². The number of unbranched alkanes of at least 4 members (excludes halogenated alkanes) is 13. The molecule has 8 heteroatoms. The highest BCUT2D eigenvalue weighted by molar-refractivity contribution is 7.17. The zero-order chi connectivity index (χ0) is 23.7. The molecule has 0 aromatic carbocycles. The van der Waals surface area contributed by atoms with Crippen LogP contribution in [0.15, 0.2) is 0 Å². The Hall–Kier alpha value is -1.04. The van der Waals surface area contributed by atoms with Gasteiger partial charge < -0.3 is 15.2 Å². The minimum atomic E-state index is -0.728. The van der Waals surface area contributed by atoms with Gasteiger partial charge in [-0.05, 0) is 25.8 Å². The monoisotopic (exact) mass is 475 g/mol. The van der Waals surface area contributed by atoms with Crippen LogP contribution in [0.2, 0.25) is 0 Å². The van der Waals surface area contributed by atoms with Gasteiger partial charge in [-0.3, -0.25) is 14.1 Å². The van der Waals surface area contributed by atoms with Crippen LogP contribution in [0.1, 0.15) is 116 Å². The lowest BCUT2D eigenvalue weighted by molar-refractivity contribution is -0.160. The van der Waals surface area contributed by atoms with Crippen molar-refractivity contribution in [3.05, 3.63) is 0 Å². The second kappa shape index (κ2) is 24.6. The molecular weight excluding hydrogens is 429 g/mol. The first-order valence-corrected chi connectivity index (χ1v) is 13.4. The lowest BCUT2D eigenvalue weighted by Crippen LogP contribution is -2.28. The topological polar surface area (TPSA) is 105 Å². The maximum absolute atomic E-state index is 12.0. The Labute approximate surface area is 196 Å². The number of hydrogen-bond donors (Lipinski definition) is 1. The van der Waals surface area contributed by atoms with E-state index in [1.54, 1.807) is 0 Å². The van der Waals surface area contributed by atoms with Crippen molar-refractivity contribution in [3.8, 4) is 0 Å². The van der Waals surface area contributed by atoms with Gasteiger partial charge in [0.15, 0.2) is 6.10 Å². The summed E-state index contributed by atoms with van der Waals surface area (Å²) >= 11 is 0. The number of nitrogens with two attached hydrogens (primary N) is 1. The fraction of sp³-hybridized carbons (Fsp3) is 0.917. The molecule has 0 amide bonds. The van der Waals surface area contributed by atoms with E-state index in [0.29, 0.717) is 12.8 Å². The van der Waals surface area contributed by atoms with E-state index < -0.39 is 14.8 Å². The van der Waals surface area contributed by atoms with Crippen molar-refractivity contribution in [3.63, 3.8) is 0 Å². The molecule has 0 heterocycles. The van der Waals surface area contributed by atoms with E-state index in [2.05, 4.69) is 6.92 Å². The highest BCUT2D eigenvalue weighted by Crippen LogP contribution is 2.12. The van der Waals surface area contributed by atoms with E-state index in [1.165, 1.54) is 44.9 Å². The molecule has 188 valence electrons. The van der Waals surface area contributed by atoms with Crippen molar-refractivity contribution in [1.29, 1.82) is 0 Å². The Balaban J connectivity index is 3.81. The molecule has 7 nitrogen and oxygen atoms in total. The van der Waals surface area contributed by atoms with Crippen molar-refractivity contribution in [2.24, 2.45) is 5.73 Å². The van der Waals surface area contributed by atoms with E-state index in [9.17, 15) is 14.2 Å². The maximum atomic E-state index is 12.0. The van der Waals surface area contributed by atoms with E-state index in [-0.39, 0.29) is 25.2 Å². The Morgan fingerprint density at radius 2 is 1.22 bits per heavy atom. The lowest BCUT2D eigenvalue weighted by Gasteiger charge is -2.16. The molecule has 0 aromatic rings. The zero-order valence-electron chi connectivity index (χ0n) is 20.2. The summed E-state index contributed by atoms with van der Waals surface area (Å²) in [5, 5.41) is 0. The molecule has 0 spiro atoms. The first-order valence-electron chi connectivity index (χ1n) is 12.6. The second-order valence-electron chi connectivity index (χ2n) is 8.40. The van der Waals surface area contributed by atoms with Gasteiger partial charge in [0.2, 0.25) is 0 Å². The van der Waals surface area contributed by atoms with Gasteiger partial charge in [0.05, 0.1) is 0 Å². The van der Waals surface area contributed by atoms with Gasteiger partial charge in [-0.1, -0.05) is 84.0 Å². The molecule has 2 N–H and O–H groups in total. The Morgan fingerprint density at radius 3 is 1.75 bits per heavy atom. The molecule has 0 aromatic heterocycles. The van der Waals surface area contributed by atoms with Crippen molar-refractivity contribution < 1.29 is 28.2 Å². The first-order chi connectivity index (χ1) is 15.6. The van der Waals surface area contributed by atoms with Gasteiger partial charge in [-0.15, -0.1) is 0 Å². The largest absolute Gasteiger partial charge is 0.462 e. The SMILES string of the molecule is CCCCCCCC(=O)O[C@@H](COP=O)COC(=O)CCCCCCCCCCCCN. The number of carbonyl (C=O) groups is 2. The predicted molar refractivity (Wildman–Crippen MR) is 128 cm³/mol. The van der Waals surface area contributed by atoms with Gasteiger partial charge in [0, 0.05) is 12.8 Å². The van der Waals surface area contributed by atoms with E-state index >= 15 is 0 Å². The lowest BCUT2D eigenvalue weighted by atomic mass is 10.1. The Kier molecular flexibility index (Phi) is 23.8. The smallest absolute Gasteiger partial charge is 0.327 e. The summed E-state index contributed by atoms with van der Waals surface area (Å²) in [6.45, 7) is 2.80. The highest BCUT2D eigenvalue weighted by Gasteiger charge is 2.17. The molecule has 32 heavy (non-hydrogen) atoms. The molecule has 0 bridgehead atoms. The van der Waals surface area contributed by atoms with Gasteiger partial charge in [0.1, 0.15) is 13.2 Å². The predicted octanol–water partition coefficient (Wildman–Crippen LogP) is 6.28. The molecule has 0 aliphatic rings. The van der Waals surface area contributed by atoms with Crippen LogP contribution in [0, 0.1) is 0 Å². The van der Waals surface area contributed by atoms with Crippen LogP contribution in [0.3, 0.4) is 0 Å². The second-order valence-corrected chi connectivity index (χ2v) is 8.81. The molecule has 0 aliphatic carbocycles. The molecule has 1 atom stereocenters. The van der Waals surface area contributed by atoms with Crippen LogP contribution in [0.25, 0.3) is 0 Å². The van der Waals surface area contributed by atoms with Crippen LogP contribution in [0.5, 0.6) is 0 Å². The van der Waals surface area contributed by atoms with Gasteiger partial charge >= 0.3 is 20.6 Å². The number of carbonyl (C=O) groups excluding carboxylic acids is 2. The summed E-state index contributed by atoms with van der Waals surface area (Å²) in [4.78, 5) is 23.9. The van der Waals surface area contributed by atoms with Crippen molar-refractivity contribution in [2.45, 2.75) is 122 Å². The Bertz CT molecular complexity index is 464. The summed E-state index contributed by atoms with van der Waals surface area (Å²) in [6.07, 6.45) is 16.7. The normalized spacial score (nSPS) is 12.1. The highest BCUT2D eigenvalue weighted by atomic mass is 31.1. The minimum absolute atomic E-state index is 0.0634. The van der Waals surface area contributed by atoms with Crippen LogP contribution in [-0.2, 0) is 28.2 Å². The maximum Gasteiger partial charge on any atom is 0.327 e. The van der Waals surface area contributed by atoms with Crippen molar-refractivity contribution in [1.82, 2.24) is 0 Å². The molecular formula is C24H46NO6P. The summed E-state index contributed by atoms with van der Waals surface area (Å²) < 4.78 is 25.9.